The highest BCUT2D eigenvalue weighted by Crippen LogP contribution is 2.33. The zero-order chi connectivity index (χ0) is 22.0. The Kier molecular flexibility index (Phi) is 5.55. The third-order valence-electron chi connectivity index (χ3n) is 5.34. The number of hydrogen-bond donors (Lipinski definition) is 4. The number of nitrogens with zero attached hydrogens (tertiary/aromatic N) is 2. The molecule has 0 saturated carbocycles. The molecule has 0 saturated heterocycles. The van der Waals surface area contributed by atoms with E-state index in [0.717, 1.165) is 22.4 Å². The molecule has 8 nitrogen and oxygen atoms in total. The van der Waals surface area contributed by atoms with Gasteiger partial charge in [-0.1, -0.05) is 18.7 Å². The van der Waals surface area contributed by atoms with Crippen molar-refractivity contribution in [1.29, 1.82) is 0 Å². The van der Waals surface area contributed by atoms with E-state index in [9.17, 15) is 14.7 Å². The van der Waals surface area contributed by atoms with Crippen LogP contribution in [0.1, 0.15) is 28.3 Å². The quantitative estimate of drug-likeness (QED) is 0.459. The Labute approximate surface area is 179 Å². The van der Waals surface area contributed by atoms with E-state index < -0.39 is 0 Å². The lowest BCUT2D eigenvalue weighted by Gasteiger charge is -2.25. The van der Waals surface area contributed by atoms with Crippen LogP contribution >= 0.6 is 0 Å². The molecule has 0 bridgehead atoms. The maximum Gasteiger partial charge on any atom is 0.251 e. The molecule has 31 heavy (non-hydrogen) atoms. The van der Waals surface area contributed by atoms with Gasteiger partial charge in [0.05, 0.1) is 5.69 Å². The number of carbonyl (C=O) groups excluding carboxylic acids is 2. The predicted molar refractivity (Wildman–Crippen MR) is 119 cm³/mol. The Bertz CT molecular complexity index is 1170. The van der Waals surface area contributed by atoms with Crippen molar-refractivity contribution < 1.29 is 14.7 Å². The summed E-state index contributed by atoms with van der Waals surface area (Å²) in [4.78, 5) is 23.8. The number of amides is 2. The zero-order valence-corrected chi connectivity index (χ0v) is 16.8. The van der Waals surface area contributed by atoms with Crippen LogP contribution in [-0.2, 0) is 4.79 Å². The number of nitrogens with two attached hydrogens (primary N) is 1. The van der Waals surface area contributed by atoms with Crippen LogP contribution in [0.3, 0.4) is 0 Å². The first kappa shape index (κ1) is 20.4. The summed E-state index contributed by atoms with van der Waals surface area (Å²) in [5.41, 5.74) is 10.7. The van der Waals surface area contributed by atoms with Crippen molar-refractivity contribution in [1.82, 2.24) is 15.1 Å². The monoisotopic (exact) mass is 417 g/mol. The summed E-state index contributed by atoms with van der Waals surface area (Å²) < 4.78 is 1.64. The zero-order valence-electron chi connectivity index (χ0n) is 16.8. The molecule has 4 rings (SSSR count). The van der Waals surface area contributed by atoms with Crippen molar-refractivity contribution in [2.45, 2.75) is 12.3 Å². The van der Waals surface area contributed by atoms with Gasteiger partial charge in [-0.25, -0.2) is 4.68 Å². The topological polar surface area (TPSA) is 122 Å². The van der Waals surface area contributed by atoms with Gasteiger partial charge in [0.2, 0.25) is 5.91 Å². The second-order valence-corrected chi connectivity index (χ2v) is 7.34. The minimum atomic E-state index is -0.298. The number of carbonyl (C=O) groups is 2. The van der Waals surface area contributed by atoms with Gasteiger partial charge < -0.3 is 21.5 Å². The Hall–Kier alpha value is -3.91. The lowest BCUT2D eigenvalue weighted by molar-refractivity contribution is -0.111. The number of nitrogens with one attached hydrogen (secondary N) is 2. The van der Waals surface area contributed by atoms with E-state index in [1.54, 1.807) is 22.9 Å². The van der Waals surface area contributed by atoms with Crippen molar-refractivity contribution in [2.24, 2.45) is 0 Å². The van der Waals surface area contributed by atoms with Crippen LogP contribution in [0.4, 0.5) is 11.5 Å². The number of fused-ring (bicyclic) bond motifs is 1. The van der Waals surface area contributed by atoms with Gasteiger partial charge in [-0.2, -0.15) is 5.10 Å². The van der Waals surface area contributed by atoms with Gasteiger partial charge in [-0.05, 0) is 54.0 Å². The summed E-state index contributed by atoms with van der Waals surface area (Å²) in [6, 6.07) is 12.8. The average Bonchev–Trinajstić information content (AvgIpc) is 3.17. The molecule has 1 aliphatic heterocycles. The molecule has 2 heterocycles. The maximum atomic E-state index is 12.2. The molecule has 0 aliphatic carbocycles. The molecule has 0 spiro atoms. The van der Waals surface area contributed by atoms with E-state index in [0.29, 0.717) is 30.0 Å². The number of rotatable bonds is 6. The van der Waals surface area contributed by atoms with Gasteiger partial charge in [0, 0.05) is 42.1 Å². The number of hydrogen-bond acceptors (Lipinski definition) is 5. The van der Waals surface area contributed by atoms with Crippen LogP contribution < -0.4 is 16.4 Å². The highest BCUT2D eigenvalue weighted by atomic mass is 16.3. The molecule has 2 aromatic carbocycles. The standard InChI is InChI=1S/C23H23N5O3/c1-2-21(30)26-16-4-3-5-17(11-16)28-13-20(22(24)27-28)14-6-7-18-19(10-14)15(8-9-29)12-25-23(18)31/h2-7,10-11,13,15,29H,1,8-9,12H2,(H2,24,27)(H,25,31)(H,26,30). The summed E-state index contributed by atoms with van der Waals surface area (Å²) in [5.74, 6) is -0.0235. The van der Waals surface area contributed by atoms with Crippen LogP contribution in [0.2, 0.25) is 0 Å². The molecule has 3 aromatic rings. The highest BCUT2D eigenvalue weighted by Gasteiger charge is 2.25. The molecule has 1 unspecified atom stereocenters. The summed E-state index contributed by atoms with van der Waals surface area (Å²) in [5, 5.41) is 19.4. The molecular weight excluding hydrogens is 394 g/mol. The minimum Gasteiger partial charge on any atom is -0.396 e. The maximum absolute atomic E-state index is 12.2. The predicted octanol–water partition coefficient (Wildman–Crippen LogP) is 2.46. The Balaban J connectivity index is 1.69. The van der Waals surface area contributed by atoms with Gasteiger partial charge in [0.1, 0.15) is 0 Å². The highest BCUT2D eigenvalue weighted by molar-refractivity contribution is 5.99. The smallest absolute Gasteiger partial charge is 0.251 e. The van der Waals surface area contributed by atoms with Crippen LogP contribution in [0.15, 0.2) is 61.3 Å². The molecule has 0 radical (unpaired) electrons. The van der Waals surface area contributed by atoms with E-state index in [2.05, 4.69) is 22.3 Å². The average molecular weight is 417 g/mol. The van der Waals surface area contributed by atoms with Crippen molar-refractivity contribution >= 4 is 23.3 Å². The van der Waals surface area contributed by atoms with Crippen LogP contribution in [-0.4, -0.2) is 39.9 Å². The Morgan fingerprint density at radius 1 is 1.32 bits per heavy atom. The van der Waals surface area contributed by atoms with E-state index in [-0.39, 0.29) is 24.3 Å². The Morgan fingerprint density at radius 2 is 2.16 bits per heavy atom. The first-order valence-corrected chi connectivity index (χ1v) is 9.92. The summed E-state index contributed by atoms with van der Waals surface area (Å²) in [6.07, 6.45) is 3.58. The number of aliphatic hydroxyl groups is 1. The van der Waals surface area contributed by atoms with Crippen molar-refractivity contribution in [3.63, 3.8) is 0 Å². The van der Waals surface area contributed by atoms with Crippen LogP contribution in [0.25, 0.3) is 16.8 Å². The molecule has 1 aliphatic rings. The van der Waals surface area contributed by atoms with Gasteiger partial charge in [0.15, 0.2) is 5.82 Å². The molecule has 8 heteroatoms. The molecule has 1 aromatic heterocycles. The van der Waals surface area contributed by atoms with Crippen molar-refractivity contribution in [2.75, 3.05) is 24.2 Å². The van der Waals surface area contributed by atoms with E-state index >= 15 is 0 Å². The van der Waals surface area contributed by atoms with Crippen molar-refractivity contribution in [3.8, 4) is 16.8 Å². The van der Waals surface area contributed by atoms with E-state index in [1.165, 1.54) is 6.08 Å². The molecule has 2 amide bonds. The van der Waals surface area contributed by atoms with Crippen LogP contribution in [0.5, 0.6) is 0 Å². The van der Waals surface area contributed by atoms with Crippen LogP contribution in [0, 0.1) is 0 Å². The summed E-state index contributed by atoms with van der Waals surface area (Å²) >= 11 is 0. The fraction of sp³-hybridized carbons (Fsp3) is 0.174. The second-order valence-electron chi connectivity index (χ2n) is 7.34. The molecular formula is C23H23N5O3. The van der Waals surface area contributed by atoms with Gasteiger partial charge >= 0.3 is 0 Å². The summed E-state index contributed by atoms with van der Waals surface area (Å²) in [7, 11) is 0. The van der Waals surface area contributed by atoms with E-state index in [1.807, 2.05) is 30.5 Å². The van der Waals surface area contributed by atoms with Gasteiger partial charge in [-0.15, -0.1) is 0 Å². The third kappa shape index (κ3) is 4.06. The molecule has 0 fully saturated rings. The summed E-state index contributed by atoms with van der Waals surface area (Å²) in [6.45, 7) is 3.99. The fourth-order valence-corrected chi connectivity index (χ4v) is 3.77. The van der Waals surface area contributed by atoms with Gasteiger partial charge in [0.25, 0.3) is 5.91 Å². The first-order chi connectivity index (χ1) is 15.0. The number of aromatic nitrogens is 2. The fourth-order valence-electron chi connectivity index (χ4n) is 3.77. The Morgan fingerprint density at radius 3 is 2.94 bits per heavy atom. The minimum absolute atomic E-state index is 0.0408. The van der Waals surface area contributed by atoms with Crippen molar-refractivity contribution in [3.05, 3.63) is 72.4 Å². The number of benzene rings is 2. The number of anilines is 2. The number of aliphatic hydroxyl groups excluding tert-OH is 1. The van der Waals surface area contributed by atoms with E-state index in [4.69, 9.17) is 5.73 Å². The number of nitrogen functional groups attached to an aromatic ring is 1. The molecule has 158 valence electrons. The normalized spacial score (nSPS) is 15.1. The largest absolute Gasteiger partial charge is 0.396 e. The lowest BCUT2D eigenvalue weighted by Crippen LogP contribution is -2.35. The lowest BCUT2D eigenvalue weighted by atomic mass is 9.86. The second kappa shape index (κ2) is 8.45. The molecule has 5 N–H and O–H groups in total. The molecule has 1 atom stereocenters. The SMILES string of the molecule is C=CC(=O)Nc1cccc(-n2cc(-c3ccc4c(c3)C(CCO)CNC4=O)c(N)n2)c1. The third-order valence-corrected chi connectivity index (χ3v) is 5.34. The first-order valence-electron chi connectivity index (χ1n) is 9.92. The van der Waals surface area contributed by atoms with Gasteiger partial charge in [-0.3, -0.25) is 9.59 Å².